The van der Waals surface area contributed by atoms with Crippen LogP contribution in [0, 0.1) is 24.6 Å². The molecule has 0 aliphatic carbocycles. The molecule has 86 valence electrons. The Kier molecular flexibility index (Phi) is 5.01. The molecule has 0 radical (unpaired) electrons. The second-order valence-electron chi connectivity index (χ2n) is 3.94. The molecule has 16 heavy (non-hydrogen) atoms. The zero-order valence-electron chi connectivity index (χ0n) is 9.76. The number of aliphatic hydroxyl groups is 1. The van der Waals surface area contributed by atoms with Crippen molar-refractivity contribution in [2.24, 2.45) is 0 Å². The molecule has 2 heteroatoms. The number of unbranched alkanes of at least 4 members (excludes halogenated alkanes) is 1. The lowest BCUT2D eigenvalue weighted by Gasteiger charge is -2.00. The van der Waals surface area contributed by atoms with Gasteiger partial charge in [-0.2, -0.15) is 0 Å². The molecule has 0 aliphatic heterocycles. The van der Waals surface area contributed by atoms with Crippen molar-refractivity contribution in [3.05, 3.63) is 35.1 Å². The molecule has 0 amide bonds. The SMILES string of the molecule is CCCCC(O)C#Cc1cc(C)cc(F)c1. The summed E-state index contributed by atoms with van der Waals surface area (Å²) >= 11 is 0. The molecule has 0 aromatic heterocycles. The monoisotopic (exact) mass is 220 g/mol. The van der Waals surface area contributed by atoms with Crippen LogP contribution in [0.3, 0.4) is 0 Å². The van der Waals surface area contributed by atoms with Crippen LogP contribution in [-0.2, 0) is 0 Å². The lowest BCUT2D eigenvalue weighted by atomic mass is 10.1. The van der Waals surface area contributed by atoms with E-state index >= 15 is 0 Å². The van der Waals surface area contributed by atoms with Gasteiger partial charge in [0.15, 0.2) is 0 Å². The van der Waals surface area contributed by atoms with Gasteiger partial charge in [0.25, 0.3) is 0 Å². The minimum Gasteiger partial charge on any atom is -0.380 e. The molecule has 0 heterocycles. The van der Waals surface area contributed by atoms with Crippen LogP contribution < -0.4 is 0 Å². The van der Waals surface area contributed by atoms with Crippen LogP contribution in [0.4, 0.5) is 4.39 Å². The van der Waals surface area contributed by atoms with Crippen LogP contribution in [-0.4, -0.2) is 11.2 Å². The zero-order chi connectivity index (χ0) is 12.0. The summed E-state index contributed by atoms with van der Waals surface area (Å²) in [6, 6.07) is 4.65. The Balaban J connectivity index is 2.68. The van der Waals surface area contributed by atoms with E-state index in [0.29, 0.717) is 12.0 Å². The molecule has 0 fully saturated rings. The van der Waals surface area contributed by atoms with Gasteiger partial charge < -0.3 is 5.11 Å². The molecule has 1 N–H and O–H groups in total. The van der Waals surface area contributed by atoms with E-state index in [1.807, 2.05) is 13.0 Å². The first-order valence-electron chi connectivity index (χ1n) is 5.58. The maximum Gasteiger partial charge on any atom is 0.124 e. The number of rotatable bonds is 3. The summed E-state index contributed by atoms with van der Waals surface area (Å²) in [6.45, 7) is 3.89. The van der Waals surface area contributed by atoms with Crippen molar-refractivity contribution in [1.82, 2.24) is 0 Å². The number of hydrogen-bond donors (Lipinski definition) is 1. The molecule has 0 saturated heterocycles. The first kappa shape index (κ1) is 12.7. The number of halogens is 1. The number of hydrogen-bond acceptors (Lipinski definition) is 1. The van der Waals surface area contributed by atoms with Gasteiger partial charge in [-0.3, -0.25) is 0 Å². The van der Waals surface area contributed by atoms with Crippen molar-refractivity contribution in [2.45, 2.75) is 39.2 Å². The molecule has 1 aromatic rings. The van der Waals surface area contributed by atoms with Crippen LogP contribution in [0.2, 0.25) is 0 Å². The van der Waals surface area contributed by atoms with Gasteiger partial charge in [0.05, 0.1) is 0 Å². The largest absolute Gasteiger partial charge is 0.380 e. The maximum atomic E-state index is 13.0. The zero-order valence-corrected chi connectivity index (χ0v) is 9.76. The normalized spacial score (nSPS) is 11.8. The average Bonchev–Trinajstić information content (AvgIpc) is 2.22. The fourth-order valence-electron chi connectivity index (χ4n) is 1.44. The Bertz CT molecular complexity index is 381. The summed E-state index contributed by atoms with van der Waals surface area (Å²) in [5.41, 5.74) is 1.46. The van der Waals surface area contributed by atoms with Crippen LogP contribution >= 0.6 is 0 Å². The minimum atomic E-state index is -0.608. The summed E-state index contributed by atoms with van der Waals surface area (Å²) in [4.78, 5) is 0. The Morgan fingerprint density at radius 1 is 1.38 bits per heavy atom. The summed E-state index contributed by atoms with van der Waals surface area (Å²) < 4.78 is 13.0. The van der Waals surface area contributed by atoms with Crippen LogP contribution in [0.25, 0.3) is 0 Å². The predicted octanol–water partition coefficient (Wildman–Crippen LogP) is 3.04. The third-order valence-electron chi connectivity index (χ3n) is 2.26. The van der Waals surface area contributed by atoms with Crippen LogP contribution in [0.15, 0.2) is 18.2 Å². The van der Waals surface area contributed by atoms with Crippen molar-refractivity contribution < 1.29 is 9.50 Å². The van der Waals surface area contributed by atoms with Gasteiger partial charge in [0, 0.05) is 5.56 Å². The molecule has 1 aromatic carbocycles. The van der Waals surface area contributed by atoms with Gasteiger partial charge in [-0.1, -0.05) is 31.6 Å². The van der Waals surface area contributed by atoms with Gasteiger partial charge in [-0.05, 0) is 37.1 Å². The first-order valence-corrected chi connectivity index (χ1v) is 5.58. The second-order valence-corrected chi connectivity index (χ2v) is 3.94. The van der Waals surface area contributed by atoms with Gasteiger partial charge in [-0.15, -0.1) is 0 Å². The molecule has 1 rings (SSSR count). The molecule has 0 bridgehead atoms. The highest BCUT2D eigenvalue weighted by atomic mass is 19.1. The van der Waals surface area contributed by atoms with E-state index in [9.17, 15) is 9.50 Å². The van der Waals surface area contributed by atoms with Gasteiger partial charge in [0.2, 0.25) is 0 Å². The Hall–Kier alpha value is -1.33. The molecule has 1 nitrogen and oxygen atoms in total. The van der Waals surface area contributed by atoms with Crippen molar-refractivity contribution in [3.8, 4) is 11.8 Å². The van der Waals surface area contributed by atoms with E-state index in [1.165, 1.54) is 12.1 Å². The number of benzene rings is 1. The lowest BCUT2D eigenvalue weighted by molar-refractivity contribution is 0.218. The summed E-state index contributed by atoms with van der Waals surface area (Å²) in [7, 11) is 0. The van der Waals surface area contributed by atoms with Crippen LogP contribution in [0.1, 0.15) is 37.3 Å². The van der Waals surface area contributed by atoms with Crippen molar-refractivity contribution in [1.29, 1.82) is 0 Å². The second kappa shape index (κ2) is 6.30. The van der Waals surface area contributed by atoms with E-state index in [4.69, 9.17) is 0 Å². The minimum absolute atomic E-state index is 0.285. The van der Waals surface area contributed by atoms with E-state index in [1.54, 1.807) is 0 Å². The van der Waals surface area contributed by atoms with E-state index in [-0.39, 0.29) is 5.82 Å². The summed E-state index contributed by atoms with van der Waals surface area (Å²) in [5.74, 6) is 5.24. The lowest BCUT2D eigenvalue weighted by Crippen LogP contribution is -2.01. The molecular weight excluding hydrogens is 203 g/mol. The highest BCUT2D eigenvalue weighted by Gasteiger charge is 1.98. The molecule has 0 saturated carbocycles. The van der Waals surface area contributed by atoms with E-state index in [0.717, 1.165) is 18.4 Å². The molecule has 1 atom stereocenters. The van der Waals surface area contributed by atoms with Crippen molar-refractivity contribution in [2.75, 3.05) is 0 Å². The summed E-state index contributed by atoms with van der Waals surface area (Å²) in [5, 5.41) is 9.51. The Morgan fingerprint density at radius 3 is 2.75 bits per heavy atom. The highest BCUT2D eigenvalue weighted by Crippen LogP contribution is 2.07. The Morgan fingerprint density at radius 2 is 2.12 bits per heavy atom. The first-order chi connectivity index (χ1) is 7.61. The highest BCUT2D eigenvalue weighted by molar-refractivity contribution is 5.37. The van der Waals surface area contributed by atoms with Crippen molar-refractivity contribution >= 4 is 0 Å². The van der Waals surface area contributed by atoms with Crippen LogP contribution in [0.5, 0.6) is 0 Å². The molecule has 0 aliphatic rings. The Labute approximate surface area is 96.3 Å². The number of aryl methyl sites for hydroxylation is 1. The number of aliphatic hydroxyl groups excluding tert-OH is 1. The molecule has 0 spiro atoms. The fraction of sp³-hybridized carbons (Fsp3) is 0.429. The molecule has 1 unspecified atom stereocenters. The predicted molar refractivity (Wildman–Crippen MR) is 63.5 cm³/mol. The average molecular weight is 220 g/mol. The topological polar surface area (TPSA) is 20.2 Å². The molecular formula is C14H17FO. The summed E-state index contributed by atoms with van der Waals surface area (Å²) in [6.07, 6.45) is 2.07. The third-order valence-corrected chi connectivity index (χ3v) is 2.26. The van der Waals surface area contributed by atoms with E-state index < -0.39 is 6.10 Å². The maximum absolute atomic E-state index is 13.0. The smallest absolute Gasteiger partial charge is 0.124 e. The van der Waals surface area contributed by atoms with Gasteiger partial charge in [-0.25, -0.2) is 4.39 Å². The van der Waals surface area contributed by atoms with Crippen molar-refractivity contribution in [3.63, 3.8) is 0 Å². The van der Waals surface area contributed by atoms with E-state index in [2.05, 4.69) is 18.8 Å². The van der Waals surface area contributed by atoms with Gasteiger partial charge >= 0.3 is 0 Å². The standard InChI is InChI=1S/C14H17FO/c1-3-4-5-14(16)7-6-12-8-11(2)9-13(15)10-12/h8-10,14,16H,3-5H2,1-2H3. The quantitative estimate of drug-likeness (QED) is 0.776. The fourth-order valence-corrected chi connectivity index (χ4v) is 1.44. The van der Waals surface area contributed by atoms with Gasteiger partial charge in [0.1, 0.15) is 11.9 Å². The third kappa shape index (κ3) is 4.46.